The Morgan fingerprint density at radius 1 is 1.26 bits per heavy atom. The molecule has 2 N–H and O–H groups in total. The van der Waals surface area contributed by atoms with Gasteiger partial charge in [-0.05, 0) is 25.1 Å². The smallest absolute Gasteiger partial charge is 0.331 e. The topological polar surface area (TPSA) is 75.6 Å². The first kappa shape index (κ1) is 15.8. The van der Waals surface area contributed by atoms with Crippen LogP contribution in [0.1, 0.15) is 17.3 Å². The van der Waals surface area contributed by atoms with Gasteiger partial charge in [0.1, 0.15) is 0 Å². The molecule has 19 heavy (non-hydrogen) atoms. The molecule has 0 heterocycles. The van der Waals surface area contributed by atoms with Crippen molar-refractivity contribution >= 4 is 35.1 Å². The molecular weight excluding hydrogens is 293 g/mol. The van der Waals surface area contributed by atoms with Crippen molar-refractivity contribution in [3.8, 4) is 0 Å². The molecule has 0 aliphatic rings. The van der Waals surface area contributed by atoms with Gasteiger partial charge in [-0.15, -0.1) is 0 Å². The van der Waals surface area contributed by atoms with Gasteiger partial charge in [-0.1, -0.05) is 23.2 Å². The number of amides is 1. The first-order chi connectivity index (χ1) is 8.85. The van der Waals surface area contributed by atoms with Crippen molar-refractivity contribution in [3.63, 3.8) is 0 Å². The number of halogens is 2. The first-order valence-corrected chi connectivity index (χ1v) is 6.13. The lowest BCUT2D eigenvalue weighted by Crippen LogP contribution is -2.48. The maximum atomic E-state index is 11.9. The Balaban J connectivity index is 2.90. The molecule has 1 aromatic rings. The highest BCUT2D eigenvalue weighted by Gasteiger charge is 2.26. The van der Waals surface area contributed by atoms with Crippen molar-refractivity contribution in [2.75, 3.05) is 7.11 Å². The highest BCUT2D eigenvalue weighted by Crippen LogP contribution is 2.19. The molecule has 0 saturated heterocycles. The van der Waals surface area contributed by atoms with E-state index in [4.69, 9.17) is 23.2 Å². The third-order valence-electron chi connectivity index (χ3n) is 2.35. The van der Waals surface area contributed by atoms with Crippen LogP contribution in [0.3, 0.4) is 0 Å². The number of rotatable bonds is 4. The van der Waals surface area contributed by atoms with Crippen LogP contribution in [0.4, 0.5) is 0 Å². The minimum absolute atomic E-state index is 0.187. The second-order valence-corrected chi connectivity index (χ2v) is 4.75. The Hall–Kier alpha value is -1.30. The zero-order valence-electron chi connectivity index (χ0n) is 10.3. The summed E-state index contributed by atoms with van der Waals surface area (Å²) in [7, 11) is 1.17. The summed E-state index contributed by atoms with van der Waals surface area (Å²) in [5.74, 6) is -1.32. The van der Waals surface area contributed by atoms with Gasteiger partial charge < -0.3 is 15.2 Å². The van der Waals surface area contributed by atoms with E-state index in [2.05, 4.69) is 10.1 Å². The predicted molar refractivity (Wildman–Crippen MR) is 71.4 cm³/mol. The maximum Gasteiger partial charge on any atom is 0.331 e. The van der Waals surface area contributed by atoms with E-state index in [9.17, 15) is 14.7 Å². The van der Waals surface area contributed by atoms with Crippen molar-refractivity contribution in [3.05, 3.63) is 33.8 Å². The van der Waals surface area contributed by atoms with Crippen LogP contribution < -0.4 is 5.32 Å². The normalized spacial score (nSPS) is 13.5. The van der Waals surface area contributed by atoms with Crippen LogP contribution in [0.5, 0.6) is 0 Å². The summed E-state index contributed by atoms with van der Waals surface area (Å²) in [6.07, 6.45) is -1.09. The fraction of sp³-hybridized carbons (Fsp3) is 0.333. The molecule has 2 atom stereocenters. The average Bonchev–Trinajstić information content (AvgIpc) is 2.33. The summed E-state index contributed by atoms with van der Waals surface area (Å²) in [5.41, 5.74) is 0.187. The molecule has 1 rings (SSSR count). The van der Waals surface area contributed by atoms with Gasteiger partial charge in [-0.25, -0.2) is 4.79 Å². The van der Waals surface area contributed by atoms with Crippen molar-refractivity contribution in [1.29, 1.82) is 0 Å². The highest BCUT2D eigenvalue weighted by atomic mass is 35.5. The van der Waals surface area contributed by atoms with E-state index in [1.807, 2.05) is 0 Å². The third-order valence-corrected chi connectivity index (χ3v) is 2.79. The van der Waals surface area contributed by atoms with E-state index in [0.717, 1.165) is 0 Å². The lowest BCUT2D eigenvalue weighted by atomic mass is 10.1. The molecule has 0 radical (unpaired) electrons. The maximum absolute atomic E-state index is 11.9. The minimum Gasteiger partial charge on any atom is -0.467 e. The van der Waals surface area contributed by atoms with Crippen molar-refractivity contribution in [2.45, 2.75) is 19.1 Å². The number of methoxy groups -OCH3 is 1. The molecule has 1 amide bonds. The second kappa shape index (κ2) is 6.75. The number of hydrogen-bond donors (Lipinski definition) is 2. The quantitative estimate of drug-likeness (QED) is 0.829. The van der Waals surface area contributed by atoms with Crippen molar-refractivity contribution < 1.29 is 19.4 Å². The van der Waals surface area contributed by atoms with Crippen LogP contribution >= 0.6 is 23.2 Å². The van der Waals surface area contributed by atoms with E-state index >= 15 is 0 Å². The first-order valence-electron chi connectivity index (χ1n) is 5.38. The number of carbonyl (C=O) groups is 2. The summed E-state index contributed by atoms with van der Waals surface area (Å²) in [4.78, 5) is 23.3. The predicted octanol–water partition coefficient (Wildman–Crippen LogP) is 1.65. The average molecular weight is 306 g/mol. The number of carbonyl (C=O) groups excluding carboxylic acids is 2. The molecule has 0 saturated carbocycles. The van der Waals surface area contributed by atoms with Crippen molar-refractivity contribution in [1.82, 2.24) is 5.32 Å². The van der Waals surface area contributed by atoms with Crippen LogP contribution in [-0.2, 0) is 9.53 Å². The van der Waals surface area contributed by atoms with Crippen molar-refractivity contribution in [2.24, 2.45) is 0 Å². The van der Waals surface area contributed by atoms with Gasteiger partial charge in [0.25, 0.3) is 5.91 Å². The highest BCUT2D eigenvalue weighted by molar-refractivity contribution is 6.35. The Morgan fingerprint density at radius 3 is 2.21 bits per heavy atom. The van der Waals surface area contributed by atoms with Crippen LogP contribution in [-0.4, -0.2) is 36.2 Å². The SMILES string of the molecule is COC(=O)[C@H](NC(=O)c1cc(Cl)cc(Cl)c1)[C@H](C)O. The van der Waals surface area contributed by atoms with Gasteiger partial charge in [0.2, 0.25) is 0 Å². The molecule has 0 aliphatic carbocycles. The van der Waals surface area contributed by atoms with Crippen LogP contribution in [0.2, 0.25) is 10.0 Å². The molecule has 0 unspecified atom stereocenters. The summed E-state index contributed by atoms with van der Waals surface area (Å²) >= 11 is 11.6. The Kier molecular flexibility index (Phi) is 5.60. The number of aliphatic hydroxyl groups excluding tert-OH is 1. The van der Waals surface area contributed by atoms with E-state index in [1.165, 1.54) is 32.2 Å². The summed E-state index contributed by atoms with van der Waals surface area (Å²) in [6.45, 7) is 1.37. The summed E-state index contributed by atoms with van der Waals surface area (Å²) in [6, 6.07) is 3.13. The van der Waals surface area contributed by atoms with Crippen LogP contribution in [0.15, 0.2) is 18.2 Å². The van der Waals surface area contributed by atoms with Crippen LogP contribution in [0.25, 0.3) is 0 Å². The Bertz CT molecular complexity index is 470. The molecule has 0 spiro atoms. The minimum atomic E-state index is -1.16. The molecule has 0 bridgehead atoms. The molecule has 5 nitrogen and oxygen atoms in total. The Morgan fingerprint density at radius 2 is 1.79 bits per heavy atom. The Labute approximate surface area is 120 Å². The lowest BCUT2D eigenvalue weighted by molar-refractivity contribution is -0.145. The lowest BCUT2D eigenvalue weighted by Gasteiger charge is -2.19. The number of benzene rings is 1. The van der Waals surface area contributed by atoms with Gasteiger partial charge in [0.15, 0.2) is 6.04 Å². The number of nitrogens with one attached hydrogen (secondary N) is 1. The largest absolute Gasteiger partial charge is 0.467 e. The van der Waals surface area contributed by atoms with Gasteiger partial charge in [0, 0.05) is 15.6 Å². The van der Waals surface area contributed by atoms with E-state index in [-0.39, 0.29) is 5.56 Å². The fourth-order valence-corrected chi connectivity index (χ4v) is 1.94. The molecule has 1 aromatic carbocycles. The monoisotopic (exact) mass is 305 g/mol. The van der Waals surface area contributed by atoms with Gasteiger partial charge in [0.05, 0.1) is 13.2 Å². The zero-order chi connectivity index (χ0) is 14.6. The van der Waals surface area contributed by atoms with E-state index in [1.54, 1.807) is 0 Å². The molecule has 104 valence electrons. The molecular formula is C12H13Cl2NO4. The number of aliphatic hydroxyl groups is 1. The number of esters is 1. The van der Waals surface area contributed by atoms with Gasteiger partial charge >= 0.3 is 5.97 Å². The second-order valence-electron chi connectivity index (χ2n) is 3.87. The van der Waals surface area contributed by atoms with E-state index in [0.29, 0.717) is 10.0 Å². The molecule has 0 aromatic heterocycles. The fourth-order valence-electron chi connectivity index (χ4n) is 1.41. The van der Waals surface area contributed by atoms with E-state index < -0.39 is 24.0 Å². The van der Waals surface area contributed by atoms with Gasteiger partial charge in [-0.3, -0.25) is 4.79 Å². The molecule has 0 aliphatic heterocycles. The number of ether oxygens (including phenoxy) is 1. The molecule has 0 fully saturated rings. The zero-order valence-corrected chi connectivity index (χ0v) is 11.8. The summed E-state index contributed by atoms with van der Waals surface area (Å²) in [5, 5.41) is 12.4. The molecule has 7 heteroatoms. The third kappa shape index (κ3) is 4.38. The van der Waals surface area contributed by atoms with Gasteiger partial charge in [-0.2, -0.15) is 0 Å². The van der Waals surface area contributed by atoms with Crippen LogP contribution in [0, 0.1) is 0 Å². The number of hydrogen-bond acceptors (Lipinski definition) is 4. The summed E-state index contributed by atoms with van der Waals surface area (Å²) < 4.78 is 4.49. The standard InChI is InChI=1S/C12H13Cl2NO4/c1-6(16)10(12(18)19-2)15-11(17)7-3-8(13)5-9(14)4-7/h3-6,10,16H,1-2H3,(H,15,17)/t6-,10+/m0/s1.